The van der Waals surface area contributed by atoms with Crippen LogP contribution in [0, 0.1) is 0 Å². The molecule has 1 heterocycles. The number of amides is 1. The van der Waals surface area contributed by atoms with Gasteiger partial charge in [0.05, 0.1) is 0 Å². The zero-order valence-electron chi connectivity index (χ0n) is 18.2. The molecule has 4 aromatic rings. The van der Waals surface area contributed by atoms with Gasteiger partial charge in [-0.25, -0.2) is 4.79 Å². The van der Waals surface area contributed by atoms with Gasteiger partial charge in [0.1, 0.15) is 5.69 Å². The van der Waals surface area contributed by atoms with Crippen molar-refractivity contribution in [3.63, 3.8) is 0 Å². The Morgan fingerprint density at radius 2 is 1.62 bits per heavy atom. The van der Waals surface area contributed by atoms with Gasteiger partial charge in [0, 0.05) is 29.6 Å². The second kappa shape index (κ2) is 9.10. The highest BCUT2D eigenvalue weighted by atomic mass is 16.4. The van der Waals surface area contributed by atoms with Crippen LogP contribution in [0.15, 0.2) is 78.9 Å². The molecule has 2 N–H and O–H groups in total. The van der Waals surface area contributed by atoms with E-state index in [2.05, 4.69) is 31.3 Å². The van der Waals surface area contributed by atoms with E-state index >= 15 is 0 Å². The Morgan fingerprint density at radius 1 is 0.906 bits per heavy atom. The molecular formula is C27H26N2O3. The molecule has 0 saturated carbocycles. The van der Waals surface area contributed by atoms with Gasteiger partial charge in [-0.15, -0.1) is 0 Å². The van der Waals surface area contributed by atoms with Crippen LogP contribution in [-0.4, -0.2) is 21.6 Å². The van der Waals surface area contributed by atoms with E-state index in [0.29, 0.717) is 24.6 Å². The minimum atomic E-state index is -0.991. The van der Waals surface area contributed by atoms with Crippen LogP contribution < -0.4 is 5.32 Å². The maximum atomic E-state index is 12.6. The lowest BCUT2D eigenvalue weighted by Gasteiger charge is -2.11. The van der Waals surface area contributed by atoms with Gasteiger partial charge in [0.25, 0.3) is 5.91 Å². The maximum Gasteiger partial charge on any atom is 0.352 e. The van der Waals surface area contributed by atoms with Gasteiger partial charge in [-0.3, -0.25) is 4.79 Å². The number of nitrogens with one attached hydrogen (secondary N) is 1. The average molecular weight is 427 g/mol. The van der Waals surface area contributed by atoms with Crippen molar-refractivity contribution in [3.05, 3.63) is 107 Å². The monoisotopic (exact) mass is 426 g/mol. The van der Waals surface area contributed by atoms with E-state index in [1.807, 2.05) is 48.5 Å². The molecule has 0 bridgehead atoms. The lowest BCUT2D eigenvalue weighted by atomic mass is 10.0. The molecule has 1 aromatic heterocycles. The van der Waals surface area contributed by atoms with Crippen molar-refractivity contribution in [2.45, 2.75) is 32.9 Å². The van der Waals surface area contributed by atoms with Crippen molar-refractivity contribution in [1.29, 1.82) is 0 Å². The fraction of sp³-hybridized carbons (Fsp3) is 0.185. The third-order valence-electron chi connectivity index (χ3n) is 5.67. The van der Waals surface area contributed by atoms with E-state index in [-0.39, 0.29) is 11.6 Å². The maximum absolute atomic E-state index is 12.6. The van der Waals surface area contributed by atoms with Crippen LogP contribution in [0.3, 0.4) is 0 Å². The second-order valence-corrected chi connectivity index (χ2v) is 8.26. The predicted molar refractivity (Wildman–Crippen MR) is 126 cm³/mol. The molecule has 32 heavy (non-hydrogen) atoms. The van der Waals surface area contributed by atoms with Crippen molar-refractivity contribution in [3.8, 4) is 0 Å². The molecule has 0 aliphatic heterocycles. The lowest BCUT2D eigenvalue weighted by Crippen LogP contribution is -2.22. The Hall–Kier alpha value is -3.86. The van der Waals surface area contributed by atoms with Crippen molar-refractivity contribution < 1.29 is 14.7 Å². The van der Waals surface area contributed by atoms with E-state index in [4.69, 9.17) is 0 Å². The second-order valence-electron chi connectivity index (χ2n) is 8.26. The summed E-state index contributed by atoms with van der Waals surface area (Å²) < 4.78 is 1.79. The number of benzene rings is 3. The molecule has 5 heteroatoms. The Balaban J connectivity index is 1.60. The fourth-order valence-corrected chi connectivity index (χ4v) is 3.83. The molecule has 0 spiro atoms. The zero-order chi connectivity index (χ0) is 22.7. The van der Waals surface area contributed by atoms with Gasteiger partial charge in [0.15, 0.2) is 0 Å². The van der Waals surface area contributed by atoms with Gasteiger partial charge in [-0.1, -0.05) is 68.4 Å². The summed E-state index contributed by atoms with van der Waals surface area (Å²) in [6, 6.07) is 24.9. The number of rotatable bonds is 7. The first-order valence-electron chi connectivity index (χ1n) is 10.7. The molecule has 0 unspecified atom stereocenters. The van der Waals surface area contributed by atoms with Crippen molar-refractivity contribution in [1.82, 2.24) is 9.88 Å². The van der Waals surface area contributed by atoms with E-state index < -0.39 is 5.97 Å². The topological polar surface area (TPSA) is 71.3 Å². The number of fused-ring (bicyclic) bond motifs is 1. The van der Waals surface area contributed by atoms with Crippen LogP contribution in [0.4, 0.5) is 0 Å². The normalized spacial score (nSPS) is 11.1. The van der Waals surface area contributed by atoms with E-state index in [1.165, 1.54) is 5.56 Å². The Kier molecular flexibility index (Phi) is 6.08. The van der Waals surface area contributed by atoms with Gasteiger partial charge in [-0.2, -0.15) is 0 Å². The molecule has 4 rings (SSSR count). The van der Waals surface area contributed by atoms with Crippen LogP contribution >= 0.6 is 0 Å². The summed E-state index contributed by atoms with van der Waals surface area (Å²) in [6.07, 6.45) is 0. The summed E-state index contributed by atoms with van der Waals surface area (Å²) in [5, 5.41) is 13.4. The molecular weight excluding hydrogens is 400 g/mol. The first-order valence-corrected chi connectivity index (χ1v) is 10.7. The molecule has 5 nitrogen and oxygen atoms in total. The zero-order valence-corrected chi connectivity index (χ0v) is 18.2. The summed E-state index contributed by atoms with van der Waals surface area (Å²) in [6.45, 7) is 5.17. The van der Waals surface area contributed by atoms with Crippen LogP contribution in [0.25, 0.3) is 10.9 Å². The van der Waals surface area contributed by atoms with Crippen LogP contribution in [0.5, 0.6) is 0 Å². The van der Waals surface area contributed by atoms with Crippen molar-refractivity contribution >= 4 is 22.8 Å². The molecule has 0 atom stereocenters. The number of carbonyl (C=O) groups excluding carboxylic acids is 1. The third-order valence-corrected chi connectivity index (χ3v) is 5.67. The molecule has 3 aromatic carbocycles. The molecule has 0 fully saturated rings. The number of nitrogens with zero attached hydrogens (tertiary/aromatic N) is 1. The number of carboxylic acids is 1. The first-order chi connectivity index (χ1) is 15.4. The number of aromatic carboxylic acids is 1. The van der Waals surface area contributed by atoms with Crippen molar-refractivity contribution in [2.75, 3.05) is 0 Å². The largest absolute Gasteiger partial charge is 0.477 e. The third kappa shape index (κ3) is 4.57. The average Bonchev–Trinajstić information content (AvgIpc) is 3.16. The first kappa shape index (κ1) is 21.4. The summed E-state index contributed by atoms with van der Waals surface area (Å²) in [5.74, 6) is -0.739. The molecule has 0 aliphatic rings. The standard InChI is InChI=1S/C27H26N2O3/c1-18(2)21-10-8-20(9-11-21)17-29-24-13-12-22(14-23(24)15-25(29)27(31)32)26(30)28-16-19-6-4-3-5-7-19/h3-15,18H,16-17H2,1-2H3,(H,28,30)(H,31,32). The number of hydrogen-bond donors (Lipinski definition) is 2. The lowest BCUT2D eigenvalue weighted by molar-refractivity contribution is 0.0686. The van der Waals surface area contributed by atoms with Crippen LogP contribution in [0.1, 0.15) is 57.3 Å². The highest BCUT2D eigenvalue weighted by Gasteiger charge is 2.17. The number of carboxylic acid groups (broad SMARTS) is 1. The van der Waals surface area contributed by atoms with E-state index in [0.717, 1.165) is 22.0 Å². The molecule has 162 valence electrons. The molecule has 0 radical (unpaired) electrons. The summed E-state index contributed by atoms with van der Waals surface area (Å²) in [4.78, 5) is 24.5. The molecule has 0 aliphatic carbocycles. The van der Waals surface area contributed by atoms with E-state index in [1.54, 1.807) is 22.8 Å². The number of aromatic nitrogens is 1. The minimum absolute atomic E-state index is 0.190. The van der Waals surface area contributed by atoms with Gasteiger partial charge < -0.3 is 15.0 Å². The van der Waals surface area contributed by atoms with Crippen molar-refractivity contribution in [2.24, 2.45) is 0 Å². The Bertz CT molecular complexity index is 1260. The summed E-state index contributed by atoms with van der Waals surface area (Å²) >= 11 is 0. The quantitative estimate of drug-likeness (QED) is 0.413. The highest BCUT2D eigenvalue weighted by Crippen LogP contribution is 2.24. The van der Waals surface area contributed by atoms with E-state index in [9.17, 15) is 14.7 Å². The SMILES string of the molecule is CC(C)c1ccc(Cn2c(C(=O)O)cc3cc(C(=O)NCc4ccccc4)ccc32)cc1. The van der Waals surface area contributed by atoms with Crippen LogP contribution in [0.2, 0.25) is 0 Å². The number of hydrogen-bond acceptors (Lipinski definition) is 2. The Morgan fingerprint density at radius 3 is 2.28 bits per heavy atom. The predicted octanol–water partition coefficient (Wildman–Crippen LogP) is 5.44. The molecule has 0 saturated heterocycles. The Labute approximate surface area is 187 Å². The van der Waals surface area contributed by atoms with Crippen LogP contribution in [-0.2, 0) is 13.1 Å². The van der Waals surface area contributed by atoms with Gasteiger partial charge >= 0.3 is 5.97 Å². The minimum Gasteiger partial charge on any atom is -0.477 e. The summed E-state index contributed by atoms with van der Waals surface area (Å²) in [7, 11) is 0. The smallest absolute Gasteiger partial charge is 0.352 e. The summed E-state index contributed by atoms with van der Waals surface area (Å²) in [5.41, 5.74) is 4.79. The molecule has 1 amide bonds. The highest BCUT2D eigenvalue weighted by molar-refractivity contribution is 6.00. The number of carbonyl (C=O) groups is 2. The fourth-order valence-electron chi connectivity index (χ4n) is 3.83. The van der Waals surface area contributed by atoms with Gasteiger partial charge in [-0.05, 0) is 46.9 Å². The van der Waals surface area contributed by atoms with Gasteiger partial charge in [0.2, 0.25) is 0 Å².